The number of nitrogens with one attached hydrogen (secondary N) is 2. The summed E-state index contributed by atoms with van der Waals surface area (Å²) in [6, 6.07) is 5.16. The fraction of sp³-hybridized carbons (Fsp3) is 0.308. The van der Waals surface area contributed by atoms with E-state index in [-0.39, 0.29) is 11.4 Å². The van der Waals surface area contributed by atoms with Gasteiger partial charge in [-0.1, -0.05) is 6.07 Å². The molecule has 0 spiro atoms. The molecule has 0 aliphatic rings. The van der Waals surface area contributed by atoms with Crippen molar-refractivity contribution in [1.29, 1.82) is 0 Å². The Morgan fingerprint density at radius 1 is 1.30 bits per heavy atom. The van der Waals surface area contributed by atoms with Crippen molar-refractivity contribution in [2.24, 2.45) is 0 Å². The van der Waals surface area contributed by atoms with Crippen LogP contribution in [0.25, 0.3) is 0 Å². The summed E-state index contributed by atoms with van der Waals surface area (Å²) in [6.45, 7) is 2.88. The summed E-state index contributed by atoms with van der Waals surface area (Å²) in [6.07, 6.45) is 1.66. The molecule has 0 atom stereocenters. The lowest BCUT2D eigenvalue weighted by molar-refractivity contribution is 0.581. The Balaban J connectivity index is 2.18. The van der Waals surface area contributed by atoms with E-state index in [9.17, 15) is 8.42 Å². The van der Waals surface area contributed by atoms with E-state index in [1.165, 1.54) is 11.3 Å². The topological polar surface area (TPSA) is 71.1 Å². The van der Waals surface area contributed by atoms with Gasteiger partial charge in [-0.15, -0.1) is 11.3 Å². The van der Waals surface area contributed by atoms with Crippen molar-refractivity contribution in [3.8, 4) is 0 Å². The van der Waals surface area contributed by atoms with E-state index < -0.39 is 10.0 Å². The molecule has 0 bridgehead atoms. The molecule has 0 saturated carbocycles. The van der Waals surface area contributed by atoms with Crippen molar-refractivity contribution in [3.05, 3.63) is 45.9 Å². The number of rotatable bonds is 6. The maximum Gasteiger partial charge on any atom is 0.240 e. The van der Waals surface area contributed by atoms with Gasteiger partial charge in [-0.2, -0.15) is 0 Å². The first-order valence-corrected chi connectivity index (χ1v) is 8.50. The van der Waals surface area contributed by atoms with Crippen LogP contribution in [0, 0.1) is 6.92 Å². The molecule has 2 N–H and O–H groups in total. The number of hydrogen-bond donors (Lipinski definition) is 2. The first-order valence-electron chi connectivity index (χ1n) is 6.14. The number of aromatic nitrogens is 1. The highest BCUT2D eigenvalue weighted by Crippen LogP contribution is 2.16. The van der Waals surface area contributed by atoms with Crippen LogP contribution in [0.5, 0.6) is 0 Å². The van der Waals surface area contributed by atoms with Crippen LogP contribution in [-0.2, 0) is 23.1 Å². The molecule has 2 rings (SSSR count). The summed E-state index contributed by atoms with van der Waals surface area (Å²) >= 11 is 1.42. The van der Waals surface area contributed by atoms with Crippen molar-refractivity contribution < 1.29 is 8.42 Å². The minimum Gasteiger partial charge on any atom is -0.316 e. The van der Waals surface area contributed by atoms with E-state index in [4.69, 9.17) is 0 Å². The third-order valence-electron chi connectivity index (χ3n) is 2.92. The molecule has 7 heteroatoms. The predicted octanol–water partition coefficient (Wildman–Crippen LogP) is 1.65. The second-order valence-corrected chi connectivity index (χ2v) is 7.15. The van der Waals surface area contributed by atoms with Gasteiger partial charge in [0.2, 0.25) is 10.0 Å². The fourth-order valence-electron chi connectivity index (χ4n) is 1.77. The van der Waals surface area contributed by atoms with Gasteiger partial charge in [0.25, 0.3) is 0 Å². The number of sulfonamides is 1. The maximum absolute atomic E-state index is 12.2. The van der Waals surface area contributed by atoms with Gasteiger partial charge in [0, 0.05) is 24.2 Å². The van der Waals surface area contributed by atoms with Crippen LogP contribution in [0.3, 0.4) is 0 Å². The SMILES string of the molecule is CNCc1cc(S(=O)(=O)NCc2cncs2)ccc1C. The molecule has 1 heterocycles. The minimum absolute atomic E-state index is 0.266. The van der Waals surface area contributed by atoms with E-state index >= 15 is 0 Å². The smallest absolute Gasteiger partial charge is 0.240 e. The molecule has 0 amide bonds. The zero-order valence-electron chi connectivity index (χ0n) is 11.4. The molecule has 20 heavy (non-hydrogen) atoms. The number of aryl methyl sites for hydroxylation is 1. The normalized spacial score (nSPS) is 11.7. The molecule has 0 saturated heterocycles. The highest BCUT2D eigenvalue weighted by molar-refractivity contribution is 7.89. The largest absolute Gasteiger partial charge is 0.316 e. The first-order chi connectivity index (χ1) is 9.53. The molecule has 0 unspecified atom stereocenters. The number of thiazole rings is 1. The summed E-state index contributed by atoms with van der Waals surface area (Å²) in [5, 5.41) is 3.04. The first kappa shape index (κ1) is 15.1. The Morgan fingerprint density at radius 2 is 2.10 bits per heavy atom. The quantitative estimate of drug-likeness (QED) is 0.851. The van der Waals surface area contributed by atoms with Crippen LogP contribution in [0.1, 0.15) is 16.0 Å². The summed E-state index contributed by atoms with van der Waals surface area (Å²) in [5.74, 6) is 0. The van der Waals surface area contributed by atoms with E-state index in [0.717, 1.165) is 16.0 Å². The summed E-state index contributed by atoms with van der Waals surface area (Å²) in [4.78, 5) is 5.10. The maximum atomic E-state index is 12.2. The van der Waals surface area contributed by atoms with Crippen LogP contribution in [0.2, 0.25) is 0 Å². The van der Waals surface area contributed by atoms with Gasteiger partial charge in [-0.25, -0.2) is 13.1 Å². The third kappa shape index (κ3) is 3.63. The second-order valence-electron chi connectivity index (χ2n) is 4.41. The Labute approximate surface area is 123 Å². The Kier molecular flexibility index (Phi) is 4.87. The van der Waals surface area contributed by atoms with Crippen molar-refractivity contribution >= 4 is 21.4 Å². The molecule has 0 aliphatic heterocycles. The average Bonchev–Trinajstić information content (AvgIpc) is 2.92. The predicted molar refractivity (Wildman–Crippen MR) is 80.1 cm³/mol. The molecule has 1 aromatic heterocycles. The van der Waals surface area contributed by atoms with Gasteiger partial charge in [0.15, 0.2) is 0 Å². The fourth-order valence-corrected chi connectivity index (χ4v) is 3.46. The van der Waals surface area contributed by atoms with Crippen molar-refractivity contribution in [2.75, 3.05) is 7.05 Å². The molecule has 108 valence electrons. The van der Waals surface area contributed by atoms with E-state index in [0.29, 0.717) is 6.54 Å². The Hall–Kier alpha value is -1.28. The van der Waals surface area contributed by atoms with Gasteiger partial charge < -0.3 is 5.32 Å². The number of nitrogens with zero attached hydrogens (tertiary/aromatic N) is 1. The highest BCUT2D eigenvalue weighted by atomic mass is 32.2. The lowest BCUT2D eigenvalue weighted by Crippen LogP contribution is -2.23. The van der Waals surface area contributed by atoms with E-state index in [1.54, 1.807) is 23.8 Å². The molecule has 5 nitrogen and oxygen atoms in total. The van der Waals surface area contributed by atoms with Crippen LogP contribution in [0.15, 0.2) is 34.8 Å². The second kappa shape index (κ2) is 6.45. The molecule has 2 aromatic rings. The molecular formula is C13H17N3O2S2. The monoisotopic (exact) mass is 311 g/mol. The standard InChI is InChI=1S/C13H17N3O2S2/c1-10-3-4-13(5-11(10)6-14-2)20(17,18)16-8-12-7-15-9-19-12/h3-5,7,9,14,16H,6,8H2,1-2H3. The van der Waals surface area contributed by atoms with E-state index in [1.807, 2.05) is 20.0 Å². The van der Waals surface area contributed by atoms with Gasteiger partial charge in [0.05, 0.1) is 10.4 Å². The van der Waals surface area contributed by atoms with Gasteiger partial charge in [-0.3, -0.25) is 4.98 Å². The van der Waals surface area contributed by atoms with Crippen LogP contribution in [-0.4, -0.2) is 20.4 Å². The van der Waals surface area contributed by atoms with Crippen LogP contribution < -0.4 is 10.0 Å². The molecule has 0 fully saturated rings. The third-order valence-corrected chi connectivity index (χ3v) is 5.10. The Morgan fingerprint density at radius 3 is 2.75 bits per heavy atom. The lowest BCUT2D eigenvalue weighted by Gasteiger charge is -2.10. The van der Waals surface area contributed by atoms with Crippen molar-refractivity contribution in [1.82, 2.24) is 15.0 Å². The van der Waals surface area contributed by atoms with Crippen molar-refractivity contribution in [2.45, 2.75) is 24.9 Å². The van der Waals surface area contributed by atoms with Gasteiger partial charge in [0.1, 0.15) is 0 Å². The van der Waals surface area contributed by atoms with Crippen molar-refractivity contribution in [3.63, 3.8) is 0 Å². The molecule has 0 aliphatic carbocycles. The average molecular weight is 311 g/mol. The summed E-state index contributed by atoms with van der Waals surface area (Å²) in [7, 11) is -1.66. The number of hydrogen-bond acceptors (Lipinski definition) is 5. The van der Waals surface area contributed by atoms with E-state index in [2.05, 4.69) is 15.0 Å². The van der Waals surface area contributed by atoms with Crippen LogP contribution >= 0.6 is 11.3 Å². The molecule has 0 radical (unpaired) electrons. The summed E-state index contributed by atoms with van der Waals surface area (Å²) in [5.41, 5.74) is 3.73. The zero-order chi connectivity index (χ0) is 14.6. The Bertz CT molecular complexity index is 667. The summed E-state index contributed by atoms with van der Waals surface area (Å²) < 4.78 is 27.1. The van der Waals surface area contributed by atoms with Crippen LogP contribution in [0.4, 0.5) is 0 Å². The molecular weight excluding hydrogens is 294 g/mol. The minimum atomic E-state index is -3.49. The lowest BCUT2D eigenvalue weighted by atomic mass is 10.1. The zero-order valence-corrected chi connectivity index (χ0v) is 13.0. The van der Waals surface area contributed by atoms with Gasteiger partial charge in [-0.05, 0) is 37.2 Å². The van der Waals surface area contributed by atoms with Gasteiger partial charge >= 0.3 is 0 Å². The number of benzene rings is 1. The molecule has 1 aromatic carbocycles. The highest BCUT2D eigenvalue weighted by Gasteiger charge is 2.15.